The monoisotopic (exact) mass is 499 g/mol. The van der Waals surface area contributed by atoms with E-state index in [-0.39, 0.29) is 23.4 Å². The van der Waals surface area contributed by atoms with Gasteiger partial charge in [0.2, 0.25) is 5.88 Å². The number of anilines is 3. The highest BCUT2D eigenvalue weighted by molar-refractivity contribution is 5.84. The van der Waals surface area contributed by atoms with Gasteiger partial charge in [-0.05, 0) is 70.3 Å². The highest BCUT2D eigenvalue weighted by Crippen LogP contribution is 2.39. The normalized spacial score (nSPS) is 14.2. The summed E-state index contributed by atoms with van der Waals surface area (Å²) in [5, 5.41) is 3.66. The Hall–Kier alpha value is -4.16. The van der Waals surface area contributed by atoms with E-state index in [1.807, 2.05) is 31.2 Å². The van der Waals surface area contributed by atoms with Crippen LogP contribution in [0.2, 0.25) is 0 Å². The van der Waals surface area contributed by atoms with Crippen LogP contribution in [0.25, 0.3) is 15.7 Å². The first-order valence-electron chi connectivity index (χ1n) is 12.4. The van der Waals surface area contributed by atoms with Crippen molar-refractivity contribution in [1.82, 2.24) is 19.4 Å². The van der Waals surface area contributed by atoms with Crippen molar-refractivity contribution in [3.8, 4) is 11.6 Å². The van der Waals surface area contributed by atoms with Gasteiger partial charge in [-0.3, -0.25) is 0 Å². The average molecular weight is 500 g/mol. The Bertz CT molecular complexity index is 1460. The largest absolute Gasteiger partial charge is 0.446 e. The van der Waals surface area contributed by atoms with E-state index in [9.17, 15) is 0 Å². The Morgan fingerprint density at radius 3 is 2.46 bits per heavy atom. The van der Waals surface area contributed by atoms with E-state index in [4.69, 9.17) is 11.3 Å². The summed E-state index contributed by atoms with van der Waals surface area (Å²) in [6, 6.07) is 13.4. The Balaban J connectivity index is 1.38. The predicted octanol–water partition coefficient (Wildman–Crippen LogP) is 6.30. The number of hydrogen-bond acceptors (Lipinski definition) is 6. The molecule has 1 fully saturated rings. The van der Waals surface area contributed by atoms with Gasteiger partial charge >= 0.3 is 0 Å². The third-order valence-corrected chi connectivity index (χ3v) is 6.74. The lowest BCUT2D eigenvalue weighted by atomic mass is 10.2. The molecule has 2 aromatic heterocycles. The number of nitrogens with one attached hydrogen (secondary N) is 1. The summed E-state index contributed by atoms with van der Waals surface area (Å²) in [5.74, 6) is -0.168. The van der Waals surface area contributed by atoms with Crippen molar-refractivity contribution < 1.29 is 9.13 Å². The van der Waals surface area contributed by atoms with Crippen LogP contribution in [0.15, 0.2) is 48.8 Å². The highest BCUT2D eigenvalue weighted by atomic mass is 19.1. The maximum Gasteiger partial charge on any atom is 0.288 e. The van der Waals surface area contributed by atoms with Gasteiger partial charge in [0.1, 0.15) is 12.1 Å². The maximum absolute atomic E-state index is 15.4. The second-order valence-electron chi connectivity index (χ2n) is 9.61. The molecule has 1 aliphatic rings. The van der Waals surface area contributed by atoms with Gasteiger partial charge in [0, 0.05) is 54.7 Å². The fourth-order valence-corrected chi connectivity index (χ4v) is 4.83. The van der Waals surface area contributed by atoms with E-state index in [0.717, 1.165) is 48.8 Å². The van der Waals surface area contributed by atoms with E-state index in [1.54, 1.807) is 6.07 Å². The maximum atomic E-state index is 15.4. The Kier molecular flexibility index (Phi) is 6.68. The van der Waals surface area contributed by atoms with Crippen LogP contribution in [0.4, 0.5) is 27.3 Å². The smallest absolute Gasteiger partial charge is 0.288 e. The summed E-state index contributed by atoms with van der Waals surface area (Å²) in [5.41, 5.74) is 3.79. The van der Waals surface area contributed by atoms with Crippen molar-refractivity contribution in [3.63, 3.8) is 0 Å². The first kappa shape index (κ1) is 24.5. The Labute approximate surface area is 216 Å². The Morgan fingerprint density at radius 2 is 1.78 bits per heavy atom. The number of benzene rings is 2. The molecule has 0 bridgehead atoms. The summed E-state index contributed by atoms with van der Waals surface area (Å²) in [6.07, 6.45) is 1.31. The fourth-order valence-electron chi connectivity index (χ4n) is 4.83. The van der Waals surface area contributed by atoms with Crippen LogP contribution in [0.5, 0.6) is 11.6 Å². The molecule has 0 amide bonds. The molecule has 0 atom stereocenters. The number of aromatic nitrogens is 3. The van der Waals surface area contributed by atoms with Gasteiger partial charge in [-0.25, -0.2) is 19.2 Å². The van der Waals surface area contributed by atoms with Gasteiger partial charge in [0.25, 0.3) is 5.69 Å². The number of nitrogens with zero attached hydrogens (tertiary/aromatic N) is 6. The molecule has 1 N–H and O–H groups in total. The third-order valence-electron chi connectivity index (χ3n) is 6.74. The standard InChI is InChI=1S/C28H30FN7O/c1-18(2)36-19(3)16-22-23(36)10-11-24(25(22)29)37-28-26(30-4)27(31-17-32-28)33-20-6-8-21(9-7-20)35-14-12-34(5)13-15-35/h6-11,16-18H,12-15H2,1-3,5H3,(H,31,32,33). The molecule has 0 saturated carbocycles. The van der Waals surface area contributed by atoms with Crippen LogP contribution in [0.3, 0.4) is 0 Å². The minimum absolute atomic E-state index is 0.000166. The van der Waals surface area contributed by atoms with Crippen LogP contribution in [0, 0.1) is 19.3 Å². The highest BCUT2D eigenvalue weighted by Gasteiger charge is 2.20. The molecule has 3 heterocycles. The van der Waals surface area contributed by atoms with E-state index in [1.165, 1.54) is 6.33 Å². The number of rotatable bonds is 6. The fraction of sp³-hybridized carbons (Fsp3) is 0.321. The molecular formula is C28H30FN7O. The van der Waals surface area contributed by atoms with Crippen molar-refractivity contribution in [2.75, 3.05) is 43.4 Å². The molecule has 0 unspecified atom stereocenters. The molecular weight excluding hydrogens is 469 g/mol. The van der Waals surface area contributed by atoms with Gasteiger partial charge in [-0.15, -0.1) is 0 Å². The number of halogens is 1. The van der Waals surface area contributed by atoms with E-state index >= 15 is 4.39 Å². The molecule has 190 valence electrons. The lowest BCUT2D eigenvalue weighted by molar-refractivity contribution is 0.313. The summed E-state index contributed by atoms with van der Waals surface area (Å²) in [4.78, 5) is 16.6. The molecule has 0 radical (unpaired) electrons. The molecule has 5 rings (SSSR count). The summed E-state index contributed by atoms with van der Waals surface area (Å²) >= 11 is 0. The molecule has 2 aromatic carbocycles. The number of piperazine rings is 1. The van der Waals surface area contributed by atoms with Gasteiger partial charge in [-0.1, -0.05) is 0 Å². The van der Waals surface area contributed by atoms with E-state index < -0.39 is 5.82 Å². The molecule has 4 aromatic rings. The zero-order valence-corrected chi connectivity index (χ0v) is 21.5. The van der Waals surface area contributed by atoms with Gasteiger partial charge in [0.15, 0.2) is 11.6 Å². The van der Waals surface area contributed by atoms with E-state index in [0.29, 0.717) is 11.2 Å². The van der Waals surface area contributed by atoms with Crippen LogP contribution in [-0.4, -0.2) is 52.7 Å². The number of fused-ring (bicyclic) bond motifs is 1. The summed E-state index contributed by atoms with van der Waals surface area (Å²) in [7, 11) is 2.13. The van der Waals surface area contributed by atoms with Gasteiger partial charge < -0.3 is 24.4 Å². The van der Waals surface area contributed by atoms with Crippen LogP contribution < -0.4 is 15.0 Å². The second kappa shape index (κ2) is 10.1. The van der Waals surface area contributed by atoms with Crippen LogP contribution >= 0.6 is 0 Å². The zero-order valence-electron chi connectivity index (χ0n) is 21.5. The first-order valence-corrected chi connectivity index (χ1v) is 12.4. The molecule has 1 saturated heterocycles. The number of ether oxygens (including phenoxy) is 1. The molecule has 0 aliphatic carbocycles. The number of hydrogen-bond donors (Lipinski definition) is 1. The quantitative estimate of drug-likeness (QED) is 0.314. The molecule has 9 heteroatoms. The number of aryl methyl sites for hydroxylation is 1. The minimum Gasteiger partial charge on any atom is -0.446 e. The van der Waals surface area contributed by atoms with Crippen molar-refractivity contribution >= 4 is 33.8 Å². The first-order chi connectivity index (χ1) is 17.9. The predicted molar refractivity (Wildman–Crippen MR) is 145 cm³/mol. The minimum atomic E-state index is -0.483. The SMILES string of the molecule is [C-]#[N+]c1c(Nc2ccc(N3CCN(C)CC3)cc2)ncnc1Oc1ccc2c(cc(C)n2C(C)C)c1F. The topological polar surface area (TPSA) is 62.8 Å². The molecule has 0 spiro atoms. The van der Waals surface area contributed by atoms with Gasteiger partial charge in [0.05, 0.1) is 12.1 Å². The second-order valence-corrected chi connectivity index (χ2v) is 9.61. The van der Waals surface area contributed by atoms with Crippen LogP contribution in [0.1, 0.15) is 25.6 Å². The summed E-state index contributed by atoms with van der Waals surface area (Å²) < 4.78 is 23.3. The zero-order chi connectivity index (χ0) is 26.1. The molecule has 37 heavy (non-hydrogen) atoms. The van der Waals surface area contributed by atoms with Crippen molar-refractivity contribution in [2.45, 2.75) is 26.8 Å². The van der Waals surface area contributed by atoms with E-state index in [2.05, 4.69) is 67.5 Å². The van der Waals surface area contributed by atoms with Crippen molar-refractivity contribution in [3.05, 3.63) is 71.7 Å². The van der Waals surface area contributed by atoms with Crippen molar-refractivity contribution in [2.24, 2.45) is 0 Å². The lowest BCUT2D eigenvalue weighted by Crippen LogP contribution is -2.44. The van der Waals surface area contributed by atoms with Crippen LogP contribution in [-0.2, 0) is 0 Å². The van der Waals surface area contributed by atoms with Crippen molar-refractivity contribution in [1.29, 1.82) is 0 Å². The Morgan fingerprint density at radius 1 is 1.05 bits per heavy atom. The molecule has 8 nitrogen and oxygen atoms in total. The lowest BCUT2D eigenvalue weighted by Gasteiger charge is -2.34. The number of likely N-dealkylation sites (N-methyl/N-ethyl adjacent to an activating group) is 1. The molecule has 1 aliphatic heterocycles. The van der Waals surface area contributed by atoms with Gasteiger partial charge in [-0.2, -0.15) is 0 Å². The average Bonchev–Trinajstić information content (AvgIpc) is 3.24. The summed E-state index contributed by atoms with van der Waals surface area (Å²) in [6.45, 7) is 17.8. The third kappa shape index (κ3) is 4.80.